The molecule has 4 heterocycles. The minimum absolute atomic E-state index is 0.0108. The molecule has 0 spiro atoms. The summed E-state index contributed by atoms with van der Waals surface area (Å²) in [6.07, 6.45) is -3.80. The fourth-order valence-corrected chi connectivity index (χ4v) is 5.27. The van der Waals surface area contributed by atoms with Gasteiger partial charge < -0.3 is 44.3 Å². The van der Waals surface area contributed by atoms with Crippen LogP contribution in [0.1, 0.15) is 5.69 Å². The van der Waals surface area contributed by atoms with Crippen molar-refractivity contribution in [3.05, 3.63) is 66.7 Å². The molecule has 1 aromatic rings. The molecule has 0 radical (unpaired) electrons. The zero-order chi connectivity index (χ0) is 27.1. The molecule has 11 nitrogen and oxygen atoms in total. The average Bonchev–Trinajstić information content (AvgIpc) is 3.29. The lowest BCUT2D eigenvalue weighted by Crippen LogP contribution is -2.60. The van der Waals surface area contributed by atoms with Crippen molar-refractivity contribution in [2.75, 3.05) is 6.61 Å². The first kappa shape index (κ1) is 26.3. The molecule has 0 bridgehead atoms. The number of benzene rings is 1. The lowest BCUT2D eigenvalue weighted by Gasteiger charge is -2.43. The van der Waals surface area contributed by atoms with E-state index >= 15 is 0 Å². The fourth-order valence-electron chi connectivity index (χ4n) is 5.27. The van der Waals surface area contributed by atoms with Crippen molar-refractivity contribution in [1.82, 2.24) is 9.55 Å². The molecule has 0 aromatic heterocycles. The van der Waals surface area contributed by atoms with Crippen molar-refractivity contribution >= 4 is 16.9 Å². The van der Waals surface area contributed by atoms with Crippen molar-refractivity contribution in [3.8, 4) is 11.3 Å². The number of aliphatic hydroxyl groups excluding tert-OH is 4. The summed E-state index contributed by atoms with van der Waals surface area (Å²) in [7, 11) is 1.86. The number of ether oxygens (including phenoxy) is 3. The molecule has 0 unspecified atom stereocenters. The fraction of sp³-hybridized carbons (Fsp3) is 0.407. The molecule has 1 fully saturated rings. The van der Waals surface area contributed by atoms with Crippen LogP contribution in [0, 0.1) is 11.8 Å². The number of fused-ring (bicyclic) bond motifs is 3. The van der Waals surface area contributed by atoms with E-state index in [0.29, 0.717) is 0 Å². The summed E-state index contributed by atoms with van der Waals surface area (Å²) in [4.78, 5) is 17.0. The molecule has 5 rings (SSSR count). The Morgan fingerprint density at radius 3 is 2.63 bits per heavy atom. The monoisotopic (exact) mass is 526 g/mol. The topological polar surface area (TPSA) is 164 Å². The average molecular weight is 527 g/mol. The number of carboxylic acids is 1. The van der Waals surface area contributed by atoms with Gasteiger partial charge in [-0.3, -0.25) is 0 Å². The van der Waals surface area contributed by atoms with Gasteiger partial charge in [0, 0.05) is 41.7 Å². The molecule has 38 heavy (non-hydrogen) atoms. The summed E-state index contributed by atoms with van der Waals surface area (Å²) in [6, 6.07) is 9.73. The van der Waals surface area contributed by atoms with E-state index in [1.165, 1.54) is 6.08 Å². The molecule has 11 heteroatoms. The van der Waals surface area contributed by atoms with Crippen molar-refractivity contribution in [2.45, 2.75) is 43.4 Å². The van der Waals surface area contributed by atoms with Crippen LogP contribution in [0.4, 0.5) is 0 Å². The van der Waals surface area contributed by atoms with Crippen LogP contribution in [-0.4, -0.2) is 84.7 Å². The summed E-state index contributed by atoms with van der Waals surface area (Å²) < 4.78 is 18.8. The molecule has 4 aliphatic heterocycles. The van der Waals surface area contributed by atoms with Crippen molar-refractivity contribution < 1.29 is 44.5 Å². The summed E-state index contributed by atoms with van der Waals surface area (Å²) in [6.45, 7) is 3.26. The Balaban J connectivity index is 1.48. The molecule has 5 N–H and O–H groups in total. The van der Waals surface area contributed by atoms with Gasteiger partial charge in [0.05, 0.1) is 29.7 Å². The number of rotatable bonds is 7. The second-order valence-corrected chi connectivity index (χ2v) is 9.60. The van der Waals surface area contributed by atoms with Gasteiger partial charge in [0.2, 0.25) is 6.29 Å². The van der Waals surface area contributed by atoms with Crippen LogP contribution in [0.3, 0.4) is 0 Å². The number of carbonyl (C=O) groups is 1. The molecule has 1 saturated heterocycles. The number of aryl methyl sites for hydroxylation is 1. The van der Waals surface area contributed by atoms with E-state index in [1.54, 1.807) is 0 Å². The number of hydrogen-bond acceptors (Lipinski definition) is 9. The van der Waals surface area contributed by atoms with Crippen LogP contribution in [0.5, 0.6) is 0 Å². The number of aromatic nitrogens is 2. The number of carboxylic acid groups (broad SMARTS) is 1. The van der Waals surface area contributed by atoms with Gasteiger partial charge in [0.1, 0.15) is 24.4 Å². The lowest BCUT2D eigenvalue weighted by atomic mass is 9.80. The number of aliphatic carboxylic acids is 1. The van der Waals surface area contributed by atoms with Crippen molar-refractivity contribution in [3.63, 3.8) is 0 Å². The van der Waals surface area contributed by atoms with Gasteiger partial charge in [0.15, 0.2) is 6.29 Å². The summed E-state index contributed by atoms with van der Waals surface area (Å²) >= 11 is 0. The third-order valence-corrected chi connectivity index (χ3v) is 7.40. The normalized spacial score (nSPS) is 31.7. The standard InChI is InChI=1S/C27H30N2O9/c1-3-13-16(10-19-21-15(8-9-29(19)2)14-6-4-5-7-18(14)28-21)17(25(34)35)12-36-26(13)38-27-24(33)23(32)22(31)20(11-30)37-27/h3-9,12-13,16,20,22-24,26-27,30-33H,1,10-11H2,2H3,(H,34,35)/t13-,16+,20-,22-,23+,24-,26+,27+/m1/s1. The molecule has 0 aliphatic carbocycles. The number of hydrogen-bond donors (Lipinski definition) is 5. The van der Waals surface area contributed by atoms with Crippen LogP contribution in [0.25, 0.3) is 22.2 Å². The quantitative estimate of drug-likeness (QED) is 0.278. The van der Waals surface area contributed by atoms with Crippen LogP contribution in [-0.2, 0) is 32.5 Å². The largest absolute Gasteiger partial charge is 0.478 e. The maximum atomic E-state index is 12.2. The van der Waals surface area contributed by atoms with Gasteiger partial charge in [-0.25, -0.2) is 9.78 Å². The molecule has 1 aromatic carbocycles. The SMILES string of the molecule is C=C[C@H]1[C@H](O[C@@H]2O[C@H](CO)[C@@H](O)[C@H](O)[C@H]2O)OC=C(C(=O)O)[C@H]1Cc1c2nc3ccccc3c-2ccn1C. The molecule has 0 saturated carbocycles. The summed E-state index contributed by atoms with van der Waals surface area (Å²) in [5, 5.41) is 51.1. The van der Waals surface area contributed by atoms with E-state index < -0.39 is 61.4 Å². The number of nitrogens with zero attached hydrogens (tertiary/aromatic N) is 2. The smallest absolute Gasteiger partial charge is 0.335 e. The third-order valence-electron chi connectivity index (χ3n) is 7.40. The number of pyridine rings is 1. The number of aliphatic hydroxyl groups is 4. The highest BCUT2D eigenvalue weighted by Crippen LogP contribution is 2.40. The van der Waals surface area contributed by atoms with E-state index in [4.69, 9.17) is 19.2 Å². The van der Waals surface area contributed by atoms with Gasteiger partial charge >= 0.3 is 5.97 Å². The molecular weight excluding hydrogens is 496 g/mol. The highest BCUT2D eigenvalue weighted by atomic mass is 16.8. The Hall–Kier alpha value is -3.32. The summed E-state index contributed by atoms with van der Waals surface area (Å²) in [5.74, 6) is -2.54. The van der Waals surface area contributed by atoms with Crippen LogP contribution >= 0.6 is 0 Å². The minimum Gasteiger partial charge on any atom is -0.478 e. The van der Waals surface area contributed by atoms with Gasteiger partial charge in [-0.05, 0) is 18.6 Å². The lowest BCUT2D eigenvalue weighted by molar-refractivity contribution is -0.339. The van der Waals surface area contributed by atoms with E-state index in [1.807, 2.05) is 48.1 Å². The van der Waals surface area contributed by atoms with Gasteiger partial charge in [0.25, 0.3) is 0 Å². The van der Waals surface area contributed by atoms with Crippen LogP contribution in [0.15, 0.2) is 61.0 Å². The molecule has 4 aliphatic rings. The summed E-state index contributed by atoms with van der Waals surface area (Å²) in [5.41, 5.74) is 3.35. The highest BCUT2D eigenvalue weighted by molar-refractivity contribution is 5.98. The van der Waals surface area contributed by atoms with Crippen LogP contribution < -0.4 is 0 Å². The Bertz CT molecular complexity index is 1340. The van der Waals surface area contributed by atoms with Gasteiger partial charge in [-0.15, -0.1) is 6.58 Å². The maximum Gasteiger partial charge on any atom is 0.335 e. The van der Waals surface area contributed by atoms with Gasteiger partial charge in [-0.1, -0.05) is 24.3 Å². The molecule has 202 valence electrons. The van der Waals surface area contributed by atoms with E-state index in [-0.39, 0.29) is 12.0 Å². The Labute approximate surface area is 218 Å². The first-order valence-corrected chi connectivity index (χ1v) is 12.2. The van der Waals surface area contributed by atoms with E-state index in [0.717, 1.165) is 34.1 Å². The number of para-hydroxylation sites is 1. The van der Waals surface area contributed by atoms with Crippen molar-refractivity contribution in [1.29, 1.82) is 0 Å². The molecular formula is C27H30N2O9. The Kier molecular flexibility index (Phi) is 7.23. The zero-order valence-electron chi connectivity index (χ0n) is 20.6. The van der Waals surface area contributed by atoms with Crippen LogP contribution in [0.2, 0.25) is 0 Å². The molecule has 0 amide bonds. The third kappa shape index (κ3) is 4.47. The predicted octanol–water partition coefficient (Wildman–Crippen LogP) is 0.780. The Morgan fingerprint density at radius 1 is 1.16 bits per heavy atom. The van der Waals surface area contributed by atoms with Gasteiger partial charge in [-0.2, -0.15) is 0 Å². The van der Waals surface area contributed by atoms with Crippen molar-refractivity contribution in [2.24, 2.45) is 18.9 Å². The highest BCUT2D eigenvalue weighted by Gasteiger charge is 2.47. The molecule has 8 atom stereocenters. The van der Waals surface area contributed by atoms with E-state index in [9.17, 15) is 30.3 Å². The maximum absolute atomic E-state index is 12.2. The minimum atomic E-state index is -1.64. The second-order valence-electron chi connectivity index (χ2n) is 9.60. The zero-order valence-corrected chi connectivity index (χ0v) is 20.6. The first-order valence-electron chi connectivity index (χ1n) is 12.2. The second kappa shape index (κ2) is 10.4. The Morgan fingerprint density at radius 2 is 1.92 bits per heavy atom. The predicted molar refractivity (Wildman–Crippen MR) is 134 cm³/mol. The van der Waals surface area contributed by atoms with E-state index in [2.05, 4.69) is 6.58 Å². The first-order chi connectivity index (χ1) is 18.2.